The fourth-order valence-electron chi connectivity index (χ4n) is 4.11. The van der Waals surface area contributed by atoms with Gasteiger partial charge in [-0.3, -0.25) is 9.59 Å². The molecular formula is C25H21FN2O4. The average Bonchev–Trinajstić information content (AvgIpc) is 3.46. The first-order valence-corrected chi connectivity index (χ1v) is 10.3. The molecule has 3 N–H and O–H groups in total. The number of hydrogen-bond acceptors (Lipinski definition) is 4. The normalized spacial score (nSPS) is 15.3. The summed E-state index contributed by atoms with van der Waals surface area (Å²) in [6.45, 7) is 2.09. The number of nitrogens with one attached hydrogen (secondary N) is 1. The van der Waals surface area contributed by atoms with Crippen LogP contribution in [-0.4, -0.2) is 18.6 Å². The van der Waals surface area contributed by atoms with Crippen LogP contribution in [0.3, 0.4) is 0 Å². The van der Waals surface area contributed by atoms with E-state index >= 15 is 0 Å². The van der Waals surface area contributed by atoms with Crippen LogP contribution in [0.5, 0.6) is 11.5 Å². The predicted molar refractivity (Wildman–Crippen MR) is 117 cm³/mol. The van der Waals surface area contributed by atoms with Crippen LogP contribution in [-0.2, 0) is 10.2 Å². The second-order valence-electron chi connectivity index (χ2n) is 8.19. The first kappa shape index (κ1) is 20.1. The fourth-order valence-corrected chi connectivity index (χ4v) is 4.11. The van der Waals surface area contributed by atoms with E-state index in [1.54, 1.807) is 6.07 Å². The lowest BCUT2D eigenvalue weighted by Crippen LogP contribution is -2.27. The molecule has 5 rings (SSSR count). The van der Waals surface area contributed by atoms with Gasteiger partial charge in [0.25, 0.3) is 5.91 Å². The van der Waals surface area contributed by atoms with Crippen LogP contribution in [0, 0.1) is 12.7 Å². The van der Waals surface area contributed by atoms with Gasteiger partial charge in [-0.1, -0.05) is 18.2 Å². The van der Waals surface area contributed by atoms with Crippen LogP contribution < -0.4 is 20.5 Å². The molecule has 1 aliphatic heterocycles. The number of aryl methyl sites for hydroxylation is 1. The smallest absolute Gasteiger partial charge is 0.251 e. The molecule has 0 atom stereocenters. The molecule has 0 unspecified atom stereocenters. The Bertz CT molecular complexity index is 1270. The number of carbonyl (C=O) groups is 2. The number of halogens is 1. The van der Waals surface area contributed by atoms with Crippen molar-refractivity contribution in [2.45, 2.75) is 25.2 Å². The maximum absolute atomic E-state index is 13.9. The van der Waals surface area contributed by atoms with Crippen molar-refractivity contribution < 1.29 is 23.5 Å². The Hall–Kier alpha value is -3.87. The number of rotatable bonds is 5. The third kappa shape index (κ3) is 3.36. The van der Waals surface area contributed by atoms with Gasteiger partial charge in [-0.2, -0.15) is 0 Å². The van der Waals surface area contributed by atoms with Crippen molar-refractivity contribution in [1.29, 1.82) is 0 Å². The Morgan fingerprint density at radius 2 is 1.78 bits per heavy atom. The van der Waals surface area contributed by atoms with Gasteiger partial charge in [-0.25, -0.2) is 4.39 Å². The zero-order valence-electron chi connectivity index (χ0n) is 17.4. The van der Waals surface area contributed by atoms with Gasteiger partial charge in [0.05, 0.1) is 11.0 Å². The zero-order valence-corrected chi connectivity index (χ0v) is 17.4. The molecule has 3 aromatic carbocycles. The Labute approximate surface area is 184 Å². The Morgan fingerprint density at radius 3 is 2.53 bits per heavy atom. The maximum Gasteiger partial charge on any atom is 0.251 e. The molecule has 0 spiro atoms. The standard InChI is InChI=1S/C25H21FN2O4/c1-14-2-5-17(12-18(14)15-3-6-20(26)19(10-15)23(27)29)28-24(30)25(8-9-25)16-4-7-21-22(11-16)32-13-31-21/h2-7,10-12H,8-9,13H2,1H3,(H2,27,29)(H,28,30). The molecule has 2 aliphatic rings. The molecule has 0 aromatic heterocycles. The molecule has 0 radical (unpaired) electrons. The van der Waals surface area contributed by atoms with E-state index in [2.05, 4.69) is 5.32 Å². The van der Waals surface area contributed by atoms with Crippen molar-refractivity contribution in [2.24, 2.45) is 5.73 Å². The number of hydrogen-bond donors (Lipinski definition) is 2. The lowest BCUT2D eigenvalue weighted by atomic mass is 9.94. The highest BCUT2D eigenvalue weighted by Gasteiger charge is 2.51. The highest BCUT2D eigenvalue weighted by molar-refractivity contribution is 6.02. The van der Waals surface area contributed by atoms with Gasteiger partial charge in [0, 0.05) is 5.69 Å². The summed E-state index contributed by atoms with van der Waals surface area (Å²) in [5.41, 5.74) is 8.38. The van der Waals surface area contributed by atoms with Gasteiger partial charge in [0.15, 0.2) is 11.5 Å². The lowest BCUT2D eigenvalue weighted by Gasteiger charge is -2.17. The molecule has 162 valence electrons. The minimum absolute atomic E-state index is 0.0944. The molecule has 1 heterocycles. The van der Waals surface area contributed by atoms with Gasteiger partial charge >= 0.3 is 0 Å². The molecule has 1 aliphatic carbocycles. The van der Waals surface area contributed by atoms with Crippen LogP contribution in [0.4, 0.5) is 10.1 Å². The summed E-state index contributed by atoms with van der Waals surface area (Å²) in [5, 5.41) is 3.02. The van der Waals surface area contributed by atoms with E-state index < -0.39 is 17.1 Å². The Morgan fingerprint density at radius 1 is 1.00 bits per heavy atom. The Balaban J connectivity index is 1.43. The average molecular weight is 432 g/mol. The number of ether oxygens (including phenoxy) is 2. The quantitative estimate of drug-likeness (QED) is 0.629. The van der Waals surface area contributed by atoms with E-state index in [4.69, 9.17) is 15.2 Å². The third-order valence-electron chi connectivity index (χ3n) is 6.15. The molecule has 1 saturated carbocycles. The van der Waals surface area contributed by atoms with Crippen molar-refractivity contribution in [3.05, 3.63) is 77.1 Å². The summed E-state index contributed by atoms with van der Waals surface area (Å²) in [4.78, 5) is 24.8. The number of benzene rings is 3. The van der Waals surface area contributed by atoms with E-state index in [9.17, 15) is 14.0 Å². The van der Waals surface area contributed by atoms with E-state index in [0.717, 1.165) is 29.5 Å². The summed E-state index contributed by atoms with van der Waals surface area (Å²) in [7, 11) is 0. The van der Waals surface area contributed by atoms with Crippen LogP contribution in [0.1, 0.15) is 34.3 Å². The third-order valence-corrected chi connectivity index (χ3v) is 6.15. The largest absolute Gasteiger partial charge is 0.454 e. The number of nitrogens with two attached hydrogens (primary N) is 1. The Kier molecular flexibility index (Phi) is 4.62. The molecule has 3 aromatic rings. The number of fused-ring (bicyclic) bond motifs is 1. The minimum Gasteiger partial charge on any atom is -0.454 e. The minimum atomic E-state index is -0.828. The summed E-state index contributed by atoms with van der Waals surface area (Å²) >= 11 is 0. The number of primary amides is 1. The molecule has 6 nitrogen and oxygen atoms in total. The van der Waals surface area contributed by atoms with Crippen LogP contribution in [0.2, 0.25) is 0 Å². The first-order chi connectivity index (χ1) is 15.4. The predicted octanol–water partition coefficient (Wildman–Crippen LogP) is 4.30. The van der Waals surface area contributed by atoms with Crippen molar-refractivity contribution in [3.63, 3.8) is 0 Å². The number of anilines is 1. The summed E-state index contributed by atoms with van der Waals surface area (Å²) in [6.07, 6.45) is 1.49. The maximum atomic E-state index is 13.9. The molecule has 2 amide bonds. The first-order valence-electron chi connectivity index (χ1n) is 10.3. The number of amides is 2. The highest BCUT2D eigenvalue weighted by atomic mass is 19.1. The highest BCUT2D eigenvalue weighted by Crippen LogP contribution is 2.51. The summed E-state index contributed by atoms with van der Waals surface area (Å²) in [5.74, 6) is -0.250. The second-order valence-corrected chi connectivity index (χ2v) is 8.19. The SMILES string of the molecule is Cc1ccc(NC(=O)C2(c3ccc4c(c3)OCO4)CC2)cc1-c1ccc(F)c(C(N)=O)c1. The molecule has 7 heteroatoms. The van der Waals surface area contributed by atoms with Gasteiger partial charge in [-0.05, 0) is 78.4 Å². The molecule has 1 fully saturated rings. The summed E-state index contributed by atoms with van der Waals surface area (Å²) < 4.78 is 24.7. The number of carbonyl (C=O) groups excluding carboxylic acids is 2. The van der Waals surface area contributed by atoms with Crippen molar-refractivity contribution in [2.75, 3.05) is 12.1 Å². The van der Waals surface area contributed by atoms with E-state index in [1.807, 2.05) is 43.3 Å². The van der Waals surface area contributed by atoms with Crippen LogP contribution in [0.25, 0.3) is 11.1 Å². The molecule has 0 saturated heterocycles. The van der Waals surface area contributed by atoms with E-state index in [1.165, 1.54) is 12.1 Å². The topological polar surface area (TPSA) is 90.7 Å². The van der Waals surface area contributed by atoms with Crippen LogP contribution >= 0.6 is 0 Å². The van der Waals surface area contributed by atoms with Crippen LogP contribution in [0.15, 0.2) is 54.6 Å². The van der Waals surface area contributed by atoms with Gasteiger partial charge < -0.3 is 20.5 Å². The van der Waals surface area contributed by atoms with Gasteiger partial charge in [0.2, 0.25) is 12.7 Å². The second kappa shape index (κ2) is 7.37. The van der Waals surface area contributed by atoms with Gasteiger partial charge in [-0.15, -0.1) is 0 Å². The monoisotopic (exact) mass is 432 g/mol. The molecular weight excluding hydrogens is 411 g/mol. The van der Waals surface area contributed by atoms with Crippen molar-refractivity contribution in [3.8, 4) is 22.6 Å². The zero-order chi connectivity index (χ0) is 22.5. The fraction of sp³-hybridized carbons (Fsp3) is 0.200. The van der Waals surface area contributed by atoms with Gasteiger partial charge in [0.1, 0.15) is 5.82 Å². The molecule has 32 heavy (non-hydrogen) atoms. The van der Waals surface area contributed by atoms with E-state index in [-0.39, 0.29) is 18.3 Å². The van der Waals surface area contributed by atoms with E-state index in [0.29, 0.717) is 22.7 Å². The lowest BCUT2D eigenvalue weighted by molar-refractivity contribution is -0.118. The summed E-state index contributed by atoms with van der Waals surface area (Å²) in [6, 6.07) is 15.4. The van der Waals surface area contributed by atoms with Crippen molar-refractivity contribution in [1.82, 2.24) is 0 Å². The van der Waals surface area contributed by atoms with Crippen molar-refractivity contribution >= 4 is 17.5 Å². The molecule has 0 bridgehead atoms.